The number of β-amino-alcohol motifs (C(OH)–C–C–N with tert-alkyl or cyclic N) is 1. The van der Waals surface area contributed by atoms with Crippen LogP contribution in [0.25, 0.3) is 11.1 Å². The van der Waals surface area contributed by atoms with Gasteiger partial charge in [0, 0.05) is 17.6 Å². The summed E-state index contributed by atoms with van der Waals surface area (Å²) in [6.07, 6.45) is -1.06. The predicted octanol–water partition coefficient (Wildman–Crippen LogP) is 3.97. The van der Waals surface area contributed by atoms with Crippen LogP contribution < -0.4 is 14.8 Å². The first-order valence-corrected chi connectivity index (χ1v) is 8.27. The third kappa shape index (κ3) is 4.09. The first kappa shape index (κ1) is 19.6. The van der Waals surface area contributed by atoms with Gasteiger partial charge in [-0.05, 0) is 38.5 Å². The Labute approximate surface area is 155 Å². The number of fused-ring (bicyclic) bond motifs is 3. The number of nitrogens with one attached hydrogen (secondary N) is 1. The van der Waals surface area contributed by atoms with Gasteiger partial charge in [-0.1, -0.05) is 30.3 Å². The highest BCUT2D eigenvalue weighted by molar-refractivity contribution is 5.85. The number of benzene rings is 2. The molecule has 3 rings (SSSR count). The molecule has 136 valence electrons. The van der Waals surface area contributed by atoms with Crippen molar-refractivity contribution in [2.75, 3.05) is 13.7 Å². The van der Waals surface area contributed by atoms with E-state index in [1.54, 1.807) is 7.11 Å². The van der Waals surface area contributed by atoms with Gasteiger partial charge in [0.25, 0.3) is 0 Å². The van der Waals surface area contributed by atoms with Crippen LogP contribution in [0.5, 0.6) is 11.5 Å². The van der Waals surface area contributed by atoms with Crippen LogP contribution in [0.3, 0.4) is 0 Å². The second-order valence-electron chi connectivity index (χ2n) is 7.16. The fourth-order valence-corrected chi connectivity index (χ4v) is 3.02. The van der Waals surface area contributed by atoms with Crippen LogP contribution >= 0.6 is 12.4 Å². The molecule has 2 aromatic carbocycles. The number of aliphatic hydroxyl groups excluding tert-OH is 1. The van der Waals surface area contributed by atoms with Crippen LogP contribution in [0.4, 0.5) is 0 Å². The van der Waals surface area contributed by atoms with Crippen molar-refractivity contribution in [1.82, 2.24) is 5.32 Å². The maximum absolute atomic E-state index is 10.7. The Hall–Kier alpha value is -1.75. The van der Waals surface area contributed by atoms with E-state index in [1.165, 1.54) is 0 Å². The Morgan fingerprint density at radius 3 is 2.56 bits per heavy atom. The molecule has 5 heteroatoms. The largest absolute Gasteiger partial charge is 0.496 e. The van der Waals surface area contributed by atoms with E-state index < -0.39 is 12.2 Å². The number of methoxy groups -OCH3 is 1. The fraction of sp³-hybridized carbons (Fsp3) is 0.400. The molecule has 0 radical (unpaired) electrons. The summed E-state index contributed by atoms with van der Waals surface area (Å²) in [5.74, 6) is 1.52. The molecule has 2 aromatic rings. The highest BCUT2D eigenvalue weighted by Crippen LogP contribution is 2.47. The molecule has 1 heterocycles. The molecule has 1 aliphatic rings. The van der Waals surface area contributed by atoms with Crippen LogP contribution in [0.2, 0.25) is 0 Å². The van der Waals surface area contributed by atoms with Crippen molar-refractivity contribution in [3.05, 3.63) is 48.0 Å². The number of hydrogen-bond acceptors (Lipinski definition) is 4. The molecule has 2 atom stereocenters. The average molecular weight is 364 g/mol. The Kier molecular flexibility index (Phi) is 5.99. The number of halogens is 1. The van der Waals surface area contributed by atoms with Crippen molar-refractivity contribution < 1.29 is 14.6 Å². The third-order valence-corrected chi connectivity index (χ3v) is 4.19. The molecule has 2 unspecified atom stereocenters. The number of aliphatic hydroxyl groups is 1. The maximum Gasteiger partial charge on any atom is 0.151 e. The maximum atomic E-state index is 10.7. The molecule has 4 nitrogen and oxygen atoms in total. The minimum Gasteiger partial charge on any atom is -0.496 e. The third-order valence-electron chi connectivity index (χ3n) is 4.19. The van der Waals surface area contributed by atoms with Crippen molar-refractivity contribution in [2.45, 2.75) is 38.5 Å². The molecule has 25 heavy (non-hydrogen) atoms. The van der Waals surface area contributed by atoms with E-state index in [2.05, 4.69) is 32.2 Å². The smallest absolute Gasteiger partial charge is 0.151 e. The van der Waals surface area contributed by atoms with Crippen molar-refractivity contribution in [3.63, 3.8) is 0 Å². The zero-order valence-corrected chi connectivity index (χ0v) is 15.9. The van der Waals surface area contributed by atoms with E-state index in [-0.39, 0.29) is 17.9 Å². The second kappa shape index (κ2) is 7.65. The zero-order chi connectivity index (χ0) is 17.3. The molecule has 0 amide bonds. The van der Waals surface area contributed by atoms with Gasteiger partial charge in [-0.3, -0.25) is 0 Å². The standard InChI is InChI=1S/C20H25NO3.ClH/c1-20(2,3)21-12-15(22)19-14-9-6-5-8-13(14)18-16(23-4)10-7-11-17(18)24-19;/h5-11,15,19,21-22H,12H2,1-4H3;1H. The molecule has 0 aliphatic carbocycles. The second-order valence-corrected chi connectivity index (χ2v) is 7.16. The van der Waals surface area contributed by atoms with Gasteiger partial charge in [0.05, 0.1) is 12.7 Å². The number of rotatable bonds is 4. The van der Waals surface area contributed by atoms with Gasteiger partial charge < -0.3 is 19.9 Å². The van der Waals surface area contributed by atoms with E-state index in [0.29, 0.717) is 6.54 Å². The van der Waals surface area contributed by atoms with Crippen LogP contribution in [0, 0.1) is 0 Å². The Morgan fingerprint density at radius 2 is 1.88 bits per heavy atom. The number of hydrogen-bond donors (Lipinski definition) is 2. The Balaban J connectivity index is 0.00000225. The SMILES string of the molecule is COc1cccc2c1-c1ccccc1C(C(O)CNC(C)(C)C)O2.Cl. The van der Waals surface area contributed by atoms with Crippen molar-refractivity contribution in [1.29, 1.82) is 0 Å². The summed E-state index contributed by atoms with van der Waals surface area (Å²) < 4.78 is 11.7. The predicted molar refractivity (Wildman–Crippen MR) is 103 cm³/mol. The van der Waals surface area contributed by atoms with E-state index in [4.69, 9.17) is 9.47 Å². The highest BCUT2D eigenvalue weighted by Gasteiger charge is 2.33. The van der Waals surface area contributed by atoms with Gasteiger partial charge in [0.15, 0.2) is 6.10 Å². The van der Waals surface area contributed by atoms with Crippen LogP contribution in [-0.4, -0.2) is 30.4 Å². The van der Waals surface area contributed by atoms with E-state index in [9.17, 15) is 5.11 Å². The van der Waals surface area contributed by atoms with E-state index in [0.717, 1.165) is 28.2 Å². The summed E-state index contributed by atoms with van der Waals surface area (Å²) >= 11 is 0. The van der Waals surface area contributed by atoms with Crippen molar-refractivity contribution in [2.24, 2.45) is 0 Å². The Bertz CT molecular complexity index is 727. The van der Waals surface area contributed by atoms with Crippen molar-refractivity contribution >= 4 is 12.4 Å². The number of ether oxygens (including phenoxy) is 2. The lowest BCUT2D eigenvalue weighted by Gasteiger charge is -2.33. The van der Waals surface area contributed by atoms with Crippen LogP contribution in [0.15, 0.2) is 42.5 Å². The first-order chi connectivity index (χ1) is 11.4. The van der Waals surface area contributed by atoms with Gasteiger partial charge >= 0.3 is 0 Å². The summed E-state index contributed by atoms with van der Waals surface area (Å²) in [6.45, 7) is 6.70. The summed E-state index contributed by atoms with van der Waals surface area (Å²) in [5, 5.41) is 14.1. The summed E-state index contributed by atoms with van der Waals surface area (Å²) in [7, 11) is 1.66. The molecule has 2 N–H and O–H groups in total. The van der Waals surface area contributed by atoms with Gasteiger partial charge in [-0.2, -0.15) is 0 Å². The molecule has 0 spiro atoms. The van der Waals surface area contributed by atoms with Gasteiger partial charge in [0.1, 0.15) is 17.6 Å². The molecule has 1 aliphatic heterocycles. The zero-order valence-electron chi connectivity index (χ0n) is 15.1. The van der Waals surface area contributed by atoms with Gasteiger partial charge in [-0.15, -0.1) is 12.4 Å². The summed E-state index contributed by atoms with van der Waals surface area (Å²) in [4.78, 5) is 0. The lowest BCUT2D eigenvalue weighted by atomic mass is 9.90. The lowest BCUT2D eigenvalue weighted by molar-refractivity contribution is 0.0304. The molecule has 0 fully saturated rings. The first-order valence-electron chi connectivity index (χ1n) is 8.27. The van der Waals surface area contributed by atoms with Gasteiger partial charge in [-0.25, -0.2) is 0 Å². The topological polar surface area (TPSA) is 50.7 Å². The van der Waals surface area contributed by atoms with Crippen LogP contribution in [0.1, 0.15) is 32.4 Å². The fourth-order valence-electron chi connectivity index (χ4n) is 3.02. The highest BCUT2D eigenvalue weighted by atomic mass is 35.5. The monoisotopic (exact) mass is 363 g/mol. The molecule has 0 saturated carbocycles. The lowest BCUT2D eigenvalue weighted by Crippen LogP contribution is -2.43. The van der Waals surface area contributed by atoms with Crippen molar-refractivity contribution in [3.8, 4) is 22.6 Å². The molecular formula is C20H26ClNO3. The molecular weight excluding hydrogens is 338 g/mol. The normalized spacial score (nSPS) is 16.8. The minimum atomic E-state index is -0.648. The molecule has 0 bridgehead atoms. The molecule has 0 aromatic heterocycles. The van der Waals surface area contributed by atoms with Crippen LogP contribution in [-0.2, 0) is 0 Å². The minimum absolute atomic E-state index is 0. The summed E-state index contributed by atoms with van der Waals surface area (Å²) in [5.41, 5.74) is 2.92. The Morgan fingerprint density at radius 1 is 1.16 bits per heavy atom. The summed E-state index contributed by atoms with van der Waals surface area (Å²) in [6, 6.07) is 13.8. The molecule has 0 saturated heterocycles. The van der Waals surface area contributed by atoms with E-state index in [1.807, 2.05) is 36.4 Å². The quantitative estimate of drug-likeness (QED) is 0.863. The van der Waals surface area contributed by atoms with E-state index >= 15 is 0 Å². The van der Waals surface area contributed by atoms with Gasteiger partial charge in [0.2, 0.25) is 0 Å². The average Bonchev–Trinajstić information content (AvgIpc) is 2.57.